The van der Waals surface area contributed by atoms with Gasteiger partial charge >= 0.3 is 12.2 Å². The van der Waals surface area contributed by atoms with Gasteiger partial charge in [0.2, 0.25) is 0 Å². The molecule has 0 unspecified atom stereocenters. The summed E-state index contributed by atoms with van der Waals surface area (Å²) in [5.74, 6) is -1.50. The second kappa shape index (κ2) is 7.11. The maximum atomic E-state index is 13.2. The summed E-state index contributed by atoms with van der Waals surface area (Å²) in [7, 11) is 0. The number of hydrogen-bond acceptors (Lipinski definition) is 5. The number of halogens is 3. The highest BCUT2D eigenvalue weighted by Crippen LogP contribution is 2.34. The fourth-order valence-electron chi connectivity index (χ4n) is 3.77. The number of aromatic nitrogens is 3. The van der Waals surface area contributed by atoms with Crippen molar-refractivity contribution >= 4 is 17.8 Å². The third-order valence-corrected chi connectivity index (χ3v) is 5.26. The van der Waals surface area contributed by atoms with E-state index in [0.717, 1.165) is 36.2 Å². The molecule has 1 spiro atoms. The Labute approximate surface area is 168 Å². The van der Waals surface area contributed by atoms with Gasteiger partial charge in [0, 0.05) is 0 Å². The van der Waals surface area contributed by atoms with Crippen LogP contribution >= 0.6 is 0 Å². The van der Waals surface area contributed by atoms with Crippen molar-refractivity contribution in [2.24, 2.45) is 0 Å². The molecule has 2 aromatic rings. The molecule has 4 amide bonds. The van der Waals surface area contributed by atoms with Crippen molar-refractivity contribution in [1.29, 1.82) is 0 Å². The molecule has 2 heterocycles. The molecular weight excluding hydrogens is 405 g/mol. The first-order chi connectivity index (χ1) is 14.2. The lowest BCUT2D eigenvalue weighted by Crippen LogP contribution is -2.51. The molecule has 0 radical (unpaired) electrons. The fourth-order valence-corrected chi connectivity index (χ4v) is 3.77. The third kappa shape index (κ3) is 3.37. The summed E-state index contributed by atoms with van der Waals surface area (Å²) in [6, 6.07) is 3.93. The Balaban J connectivity index is 1.53. The Kier molecular flexibility index (Phi) is 4.71. The summed E-state index contributed by atoms with van der Waals surface area (Å²) in [4.78, 5) is 37.4. The molecule has 4 rings (SSSR count). The molecular formula is C18H17F3N6O3. The van der Waals surface area contributed by atoms with Crippen molar-refractivity contribution in [3.8, 4) is 5.69 Å². The first kappa shape index (κ1) is 19.9. The van der Waals surface area contributed by atoms with E-state index in [0.29, 0.717) is 17.9 Å². The Bertz CT molecular complexity index is 1010. The van der Waals surface area contributed by atoms with E-state index >= 15 is 0 Å². The number of nitrogens with zero attached hydrogens (tertiary/aromatic N) is 4. The first-order valence-electron chi connectivity index (χ1n) is 9.28. The van der Waals surface area contributed by atoms with E-state index < -0.39 is 35.1 Å². The topological polar surface area (TPSA) is 109 Å². The smallest absolute Gasteiger partial charge is 0.322 e. The summed E-state index contributed by atoms with van der Waals surface area (Å²) in [5, 5.41) is 10.4. The molecule has 1 aliphatic heterocycles. The van der Waals surface area contributed by atoms with Gasteiger partial charge in [-0.05, 0) is 25.0 Å². The van der Waals surface area contributed by atoms with Crippen LogP contribution in [0.15, 0.2) is 30.5 Å². The van der Waals surface area contributed by atoms with Crippen LogP contribution in [0.2, 0.25) is 0 Å². The second-order valence-corrected chi connectivity index (χ2v) is 7.22. The minimum absolute atomic E-state index is 0.312. The molecule has 2 fully saturated rings. The van der Waals surface area contributed by atoms with Gasteiger partial charge in [-0.2, -0.15) is 18.2 Å². The standard InChI is InChI=1S/C18H17F3N6O3/c19-18(20,21)11-6-2-3-7-13(11)26-10-12(23-25-26)14(28)24-27-15(29)17(22-16(27)30)8-4-1-5-9-17/h2-3,6-7,10H,1,4-5,8-9H2,(H,22,30)(H,24,28). The number of alkyl halides is 3. The van der Waals surface area contributed by atoms with Gasteiger partial charge in [0.1, 0.15) is 5.54 Å². The van der Waals surface area contributed by atoms with Crippen LogP contribution in [-0.2, 0) is 11.0 Å². The molecule has 2 aliphatic rings. The van der Waals surface area contributed by atoms with Gasteiger partial charge in [-0.25, -0.2) is 9.48 Å². The predicted molar refractivity (Wildman–Crippen MR) is 95.0 cm³/mol. The van der Waals surface area contributed by atoms with Gasteiger partial charge in [-0.15, -0.1) is 5.10 Å². The van der Waals surface area contributed by atoms with Crippen molar-refractivity contribution in [1.82, 2.24) is 30.7 Å². The molecule has 30 heavy (non-hydrogen) atoms. The fraction of sp³-hybridized carbons (Fsp3) is 0.389. The maximum Gasteiger partial charge on any atom is 0.418 e. The molecule has 12 heteroatoms. The quantitative estimate of drug-likeness (QED) is 0.737. The number of benzene rings is 1. The number of carbonyl (C=O) groups excluding carboxylic acids is 3. The molecule has 1 saturated carbocycles. The van der Waals surface area contributed by atoms with Crippen molar-refractivity contribution in [2.75, 3.05) is 0 Å². The van der Waals surface area contributed by atoms with E-state index in [9.17, 15) is 27.6 Å². The Hall–Kier alpha value is -3.44. The lowest BCUT2D eigenvalue weighted by molar-refractivity contribution is -0.137. The van der Waals surface area contributed by atoms with Crippen molar-refractivity contribution in [2.45, 2.75) is 43.8 Å². The number of nitrogens with one attached hydrogen (secondary N) is 2. The Morgan fingerprint density at radius 1 is 1.13 bits per heavy atom. The summed E-state index contributed by atoms with van der Waals surface area (Å²) in [6.07, 6.45) is -0.155. The van der Waals surface area contributed by atoms with Crippen molar-refractivity contribution in [3.05, 3.63) is 41.7 Å². The SMILES string of the molecule is O=C(NN1C(=O)NC2(CCCCC2)C1=O)c1cn(-c2ccccc2C(F)(F)F)nn1. The lowest BCUT2D eigenvalue weighted by atomic mass is 9.82. The molecule has 1 saturated heterocycles. The number of imide groups is 1. The highest BCUT2D eigenvalue weighted by atomic mass is 19.4. The zero-order chi connectivity index (χ0) is 21.5. The van der Waals surface area contributed by atoms with Crippen LogP contribution in [0.5, 0.6) is 0 Å². The summed E-state index contributed by atoms with van der Waals surface area (Å²) >= 11 is 0. The van der Waals surface area contributed by atoms with Crippen molar-refractivity contribution in [3.63, 3.8) is 0 Å². The van der Waals surface area contributed by atoms with E-state index in [2.05, 4.69) is 21.1 Å². The van der Waals surface area contributed by atoms with Crippen LogP contribution in [0.4, 0.5) is 18.0 Å². The number of urea groups is 1. The van der Waals surface area contributed by atoms with E-state index in [4.69, 9.17) is 0 Å². The molecule has 158 valence electrons. The summed E-state index contributed by atoms with van der Waals surface area (Å²) in [6.45, 7) is 0. The first-order valence-corrected chi connectivity index (χ1v) is 9.28. The number of para-hydroxylation sites is 1. The Morgan fingerprint density at radius 2 is 1.83 bits per heavy atom. The van der Waals surface area contributed by atoms with Crippen LogP contribution in [-0.4, -0.2) is 43.4 Å². The largest absolute Gasteiger partial charge is 0.418 e. The van der Waals surface area contributed by atoms with E-state index in [1.54, 1.807) is 0 Å². The number of hydrogen-bond donors (Lipinski definition) is 2. The molecule has 1 aromatic heterocycles. The summed E-state index contributed by atoms with van der Waals surface area (Å²) < 4.78 is 40.4. The van der Waals surface area contributed by atoms with Crippen LogP contribution < -0.4 is 10.7 Å². The van der Waals surface area contributed by atoms with Gasteiger partial charge in [0.25, 0.3) is 11.8 Å². The molecule has 0 bridgehead atoms. The second-order valence-electron chi connectivity index (χ2n) is 7.22. The minimum atomic E-state index is -4.63. The van der Waals surface area contributed by atoms with Gasteiger partial charge in [0.15, 0.2) is 5.69 Å². The average Bonchev–Trinajstić information content (AvgIpc) is 3.28. The number of carbonyl (C=O) groups is 3. The summed E-state index contributed by atoms with van der Waals surface area (Å²) in [5.41, 5.74) is -0.462. The van der Waals surface area contributed by atoms with Crippen LogP contribution in [0.1, 0.15) is 48.2 Å². The van der Waals surface area contributed by atoms with Gasteiger partial charge in [0.05, 0.1) is 17.4 Å². The zero-order valence-electron chi connectivity index (χ0n) is 15.6. The lowest BCUT2D eigenvalue weighted by Gasteiger charge is -2.30. The van der Waals surface area contributed by atoms with Crippen LogP contribution in [0, 0.1) is 0 Å². The predicted octanol–water partition coefficient (Wildman–Crippen LogP) is 2.19. The Morgan fingerprint density at radius 3 is 2.53 bits per heavy atom. The van der Waals surface area contributed by atoms with E-state index in [-0.39, 0.29) is 11.4 Å². The molecule has 2 N–H and O–H groups in total. The number of rotatable bonds is 3. The van der Waals surface area contributed by atoms with Gasteiger partial charge in [-0.3, -0.25) is 15.0 Å². The molecule has 9 nitrogen and oxygen atoms in total. The minimum Gasteiger partial charge on any atom is -0.322 e. The van der Waals surface area contributed by atoms with Crippen molar-refractivity contribution < 1.29 is 27.6 Å². The number of amides is 4. The normalized spacial score (nSPS) is 18.6. The zero-order valence-corrected chi connectivity index (χ0v) is 15.6. The van der Waals surface area contributed by atoms with E-state index in [1.807, 2.05) is 0 Å². The highest BCUT2D eigenvalue weighted by Gasteiger charge is 2.52. The van der Waals surface area contributed by atoms with Crippen LogP contribution in [0.3, 0.4) is 0 Å². The molecule has 0 atom stereocenters. The van der Waals surface area contributed by atoms with E-state index in [1.165, 1.54) is 18.2 Å². The molecule has 1 aliphatic carbocycles. The molecule has 1 aromatic carbocycles. The monoisotopic (exact) mass is 422 g/mol. The van der Waals surface area contributed by atoms with Gasteiger partial charge < -0.3 is 5.32 Å². The highest BCUT2D eigenvalue weighted by molar-refractivity contribution is 6.09. The number of hydrazine groups is 1. The van der Waals surface area contributed by atoms with Gasteiger partial charge in [-0.1, -0.05) is 36.6 Å². The third-order valence-electron chi connectivity index (χ3n) is 5.26. The maximum absolute atomic E-state index is 13.2. The van der Waals surface area contributed by atoms with Crippen LogP contribution in [0.25, 0.3) is 5.69 Å². The average molecular weight is 422 g/mol.